The molecule has 3 N–H and O–H groups in total. The Balaban J connectivity index is 1.81. The molecule has 1 aromatic carbocycles. The van der Waals surface area contributed by atoms with Crippen LogP contribution in [0.5, 0.6) is 0 Å². The summed E-state index contributed by atoms with van der Waals surface area (Å²) in [5.74, 6) is 0.0745. The van der Waals surface area contributed by atoms with Crippen LogP contribution in [0.3, 0.4) is 0 Å². The number of hydrogen-bond donors (Lipinski definition) is 2. The first-order valence-corrected chi connectivity index (χ1v) is 6.97. The SMILES string of the molecule is CC(NC(=O)CN1CCC[C@@H](N)C1)c1ccccc1. The van der Waals surface area contributed by atoms with Crippen molar-refractivity contribution < 1.29 is 4.79 Å². The smallest absolute Gasteiger partial charge is 0.234 e. The first-order valence-electron chi connectivity index (χ1n) is 6.97. The van der Waals surface area contributed by atoms with Gasteiger partial charge in [0.05, 0.1) is 12.6 Å². The van der Waals surface area contributed by atoms with Gasteiger partial charge in [0.25, 0.3) is 0 Å². The second kappa shape index (κ2) is 6.68. The van der Waals surface area contributed by atoms with Crippen LogP contribution in [-0.2, 0) is 4.79 Å². The number of amides is 1. The Hall–Kier alpha value is -1.39. The first kappa shape index (κ1) is 14.0. The van der Waals surface area contributed by atoms with Gasteiger partial charge in [-0.05, 0) is 31.9 Å². The summed E-state index contributed by atoms with van der Waals surface area (Å²) in [6.45, 7) is 4.26. The third-order valence-electron chi connectivity index (χ3n) is 3.59. The van der Waals surface area contributed by atoms with Gasteiger partial charge < -0.3 is 11.1 Å². The number of benzene rings is 1. The van der Waals surface area contributed by atoms with E-state index in [0.29, 0.717) is 6.54 Å². The van der Waals surface area contributed by atoms with Crippen molar-refractivity contribution in [1.29, 1.82) is 0 Å². The molecule has 1 unspecified atom stereocenters. The quantitative estimate of drug-likeness (QED) is 0.858. The molecule has 2 atom stereocenters. The van der Waals surface area contributed by atoms with Crippen LogP contribution >= 0.6 is 0 Å². The molecule has 0 saturated carbocycles. The van der Waals surface area contributed by atoms with Gasteiger partial charge in [-0.25, -0.2) is 0 Å². The minimum atomic E-state index is 0.0483. The van der Waals surface area contributed by atoms with Gasteiger partial charge in [0, 0.05) is 12.6 Å². The molecule has 1 aliphatic rings. The van der Waals surface area contributed by atoms with Crippen molar-refractivity contribution >= 4 is 5.91 Å². The Morgan fingerprint density at radius 3 is 2.89 bits per heavy atom. The molecule has 1 amide bonds. The van der Waals surface area contributed by atoms with E-state index in [1.807, 2.05) is 37.3 Å². The number of nitrogens with two attached hydrogens (primary N) is 1. The van der Waals surface area contributed by atoms with E-state index in [1.54, 1.807) is 0 Å². The molecule has 1 aliphatic heterocycles. The number of carbonyl (C=O) groups is 1. The third-order valence-corrected chi connectivity index (χ3v) is 3.59. The van der Waals surface area contributed by atoms with Crippen LogP contribution in [0.25, 0.3) is 0 Å². The molecule has 0 bridgehead atoms. The molecule has 1 saturated heterocycles. The van der Waals surface area contributed by atoms with Crippen molar-refractivity contribution in [2.24, 2.45) is 5.73 Å². The molecule has 0 radical (unpaired) electrons. The van der Waals surface area contributed by atoms with Crippen molar-refractivity contribution in [2.75, 3.05) is 19.6 Å². The summed E-state index contributed by atoms with van der Waals surface area (Å²) in [4.78, 5) is 14.1. The second-order valence-electron chi connectivity index (χ2n) is 5.34. The molecule has 4 nitrogen and oxygen atoms in total. The molecular weight excluding hydrogens is 238 g/mol. The van der Waals surface area contributed by atoms with Crippen molar-refractivity contribution in [2.45, 2.75) is 31.8 Å². The van der Waals surface area contributed by atoms with Crippen LogP contribution in [-0.4, -0.2) is 36.5 Å². The van der Waals surface area contributed by atoms with Crippen LogP contribution in [0.1, 0.15) is 31.4 Å². The van der Waals surface area contributed by atoms with Gasteiger partial charge in [-0.3, -0.25) is 9.69 Å². The largest absolute Gasteiger partial charge is 0.348 e. The predicted octanol–water partition coefficient (Wildman–Crippen LogP) is 1.29. The van der Waals surface area contributed by atoms with Crippen LogP contribution in [0.2, 0.25) is 0 Å². The van der Waals surface area contributed by atoms with Crippen molar-refractivity contribution in [3.05, 3.63) is 35.9 Å². The zero-order valence-electron chi connectivity index (χ0n) is 11.5. The summed E-state index contributed by atoms with van der Waals surface area (Å²) in [5.41, 5.74) is 7.05. The summed E-state index contributed by atoms with van der Waals surface area (Å²) < 4.78 is 0. The Labute approximate surface area is 115 Å². The average molecular weight is 261 g/mol. The lowest BCUT2D eigenvalue weighted by atomic mass is 10.1. The van der Waals surface area contributed by atoms with Gasteiger partial charge in [-0.1, -0.05) is 30.3 Å². The molecule has 0 aromatic heterocycles. The fourth-order valence-electron chi connectivity index (χ4n) is 2.55. The predicted molar refractivity (Wildman–Crippen MR) is 76.6 cm³/mol. The van der Waals surface area contributed by atoms with Gasteiger partial charge in [0.1, 0.15) is 0 Å². The third kappa shape index (κ3) is 4.33. The number of hydrogen-bond acceptors (Lipinski definition) is 3. The highest BCUT2D eigenvalue weighted by Gasteiger charge is 2.19. The summed E-state index contributed by atoms with van der Waals surface area (Å²) in [5, 5.41) is 3.04. The van der Waals surface area contributed by atoms with E-state index in [9.17, 15) is 4.79 Å². The topological polar surface area (TPSA) is 58.4 Å². The van der Waals surface area contributed by atoms with Gasteiger partial charge in [0.15, 0.2) is 0 Å². The summed E-state index contributed by atoms with van der Waals surface area (Å²) in [6.07, 6.45) is 2.15. The van der Waals surface area contributed by atoms with Crippen molar-refractivity contribution in [3.8, 4) is 0 Å². The molecule has 2 rings (SSSR count). The number of rotatable bonds is 4. The van der Waals surface area contributed by atoms with E-state index in [2.05, 4.69) is 10.2 Å². The van der Waals surface area contributed by atoms with E-state index < -0.39 is 0 Å². The number of piperidine rings is 1. The number of nitrogens with one attached hydrogen (secondary N) is 1. The normalized spacial score (nSPS) is 21.9. The highest BCUT2D eigenvalue weighted by molar-refractivity contribution is 5.78. The van der Waals surface area contributed by atoms with E-state index in [-0.39, 0.29) is 18.0 Å². The Bertz CT molecular complexity index is 407. The summed E-state index contributed by atoms with van der Waals surface area (Å²) in [7, 11) is 0. The molecule has 1 heterocycles. The molecule has 1 aromatic rings. The van der Waals surface area contributed by atoms with Crippen LogP contribution in [0, 0.1) is 0 Å². The maximum Gasteiger partial charge on any atom is 0.234 e. The lowest BCUT2D eigenvalue weighted by Gasteiger charge is -2.30. The molecule has 4 heteroatoms. The van der Waals surface area contributed by atoms with E-state index in [4.69, 9.17) is 5.73 Å². The monoisotopic (exact) mass is 261 g/mol. The zero-order valence-corrected chi connectivity index (χ0v) is 11.5. The maximum atomic E-state index is 12.0. The number of nitrogens with zero attached hydrogens (tertiary/aromatic N) is 1. The highest BCUT2D eigenvalue weighted by atomic mass is 16.2. The molecule has 0 spiro atoms. The van der Waals surface area contributed by atoms with Crippen LogP contribution in [0.15, 0.2) is 30.3 Å². The molecule has 1 fully saturated rings. The first-order chi connectivity index (χ1) is 9.15. The summed E-state index contributed by atoms with van der Waals surface area (Å²) >= 11 is 0. The van der Waals surface area contributed by atoms with Crippen LogP contribution in [0.4, 0.5) is 0 Å². The standard InChI is InChI=1S/C15H23N3O/c1-12(13-6-3-2-4-7-13)17-15(19)11-18-9-5-8-14(16)10-18/h2-4,6-7,12,14H,5,8-11,16H2,1H3,(H,17,19)/t12?,14-/m1/s1. The van der Waals surface area contributed by atoms with Gasteiger partial charge in [-0.15, -0.1) is 0 Å². The Kier molecular flexibility index (Phi) is 4.93. The second-order valence-corrected chi connectivity index (χ2v) is 5.34. The minimum Gasteiger partial charge on any atom is -0.348 e. The van der Waals surface area contributed by atoms with Crippen LogP contribution < -0.4 is 11.1 Å². The fourth-order valence-corrected chi connectivity index (χ4v) is 2.55. The maximum absolute atomic E-state index is 12.0. The van der Waals surface area contributed by atoms with Crippen molar-refractivity contribution in [3.63, 3.8) is 0 Å². The van der Waals surface area contributed by atoms with E-state index in [0.717, 1.165) is 31.5 Å². The fraction of sp³-hybridized carbons (Fsp3) is 0.533. The number of carbonyl (C=O) groups excluding carboxylic acids is 1. The molecule has 104 valence electrons. The average Bonchev–Trinajstić information content (AvgIpc) is 2.39. The Morgan fingerprint density at radius 1 is 1.47 bits per heavy atom. The van der Waals surface area contributed by atoms with E-state index in [1.165, 1.54) is 0 Å². The Morgan fingerprint density at radius 2 is 2.21 bits per heavy atom. The summed E-state index contributed by atoms with van der Waals surface area (Å²) in [6, 6.07) is 10.3. The molecular formula is C15H23N3O. The van der Waals surface area contributed by atoms with E-state index >= 15 is 0 Å². The zero-order chi connectivity index (χ0) is 13.7. The van der Waals surface area contributed by atoms with Gasteiger partial charge >= 0.3 is 0 Å². The lowest BCUT2D eigenvalue weighted by Crippen LogP contribution is -2.47. The van der Waals surface area contributed by atoms with Crippen molar-refractivity contribution in [1.82, 2.24) is 10.2 Å². The molecule has 19 heavy (non-hydrogen) atoms. The van der Waals surface area contributed by atoms with Gasteiger partial charge in [0.2, 0.25) is 5.91 Å². The lowest BCUT2D eigenvalue weighted by molar-refractivity contribution is -0.123. The molecule has 0 aliphatic carbocycles. The minimum absolute atomic E-state index is 0.0483. The highest BCUT2D eigenvalue weighted by Crippen LogP contribution is 2.12. The van der Waals surface area contributed by atoms with Gasteiger partial charge in [-0.2, -0.15) is 0 Å². The number of likely N-dealkylation sites (tertiary alicyclic amines) is 1.